The first-order valence-electron chi connectivity index (χ1n) is 5.52. The van der Waals surface area contributed by atoms with Gasteiger partial charge in [-0.05, 0) is 6.42 Å². The highest BCUT2D eigenvalue weighted by Crippen LogP contribution is 2.09. The Hall–Kier alpha value is -1.15. The Morgan fingerprint density at radius 3 is 2.33 bits per heavy atom. The first kappa shape index (κ1) is 16.9. The highest BCUT2D eigenvalue weighted by Gasteiger charge is 2.28. The van der Waals surface area contributed by atoms with Crippen molar-refractivity contribution in [3.8, 4) is 0 Å². The zero-order chi connectivity index (χ0) is 14.3. The molecule has 0 rings (SSSR count). The number of carboxylic acid groups (broad SMARTS) is 1. The van der Waals surface area contributed by atoms with Crippen LogP contribution in [0.2, 0.25) is 0 Å². The monoisotopic (exact) mass is 281 g/mol. The average Bonchev–Trinajstić information content (AvgIpc) is 2.26. The number of sulfonamides is 1. The minimum atomic E-state index is -3.78. The lowest BCUT2D eigenvalue weighted by molar-refractivity contribution is -0.144. The van der Waals surface area contributed by atoms with E-state index in [0.717, 1.165) is 4.31 Å². The number of ether oxygens (including phenoxy) is 1. The lowest BCUT2D eigenvalue weighted by Gasteiger charge is -2.21. The standard InChI is InChI=1S/C10H19NO6S/c1-4-5-11(6-9(12)13)18(15,16)7-8(2)10(14)17-3/h8H,4-7H2,1-3H3,(H,12,13). The van der Waals surface area contributed by atoms with Crippen molar-refractivity contribution in [2.24, 2.45) is 5.92 Å². The van der Waals surface area contributed by atoms with Crippen molar-refractivity contribution >= 4 is 22.0 Å². The fraction of sp³-hybridized carbons (Fsp3) is 0.800. The largest absolute Gasteiger partial charge is 0.480 e. The molecule has 0 spiro atoms. The molecule has 0 aromatic heterocycles. The molecule has 1 atom stereocenters. The first-order valence-corrected chi connectivity index (χ1v) is 7.13. The van der Waals surface area contributed by atoms with E-state index >= 15 is 0 Å². The summed E-state index contributed by atoms with van der Waals surface area (Å²) < 4.78 is 29.2. The summed E-state index contributed by atoms with van der Waals surface area (Å²) in [7, 11) is -2.61. The van der Waals surface area contributed by atoms with Gasteiger partial charge >= 0.3 is 11.9 Å². The number of methoxy groups -OCH3 is 1. The summed E-state index contributed by atoms with van der Waals surface area (Å²) in [6.07, 6.45) is 0.499. The van der Waals surface area contributed by atoms with Gasteiger partial charge in [-0.3, -0.25) is 9.59 Å². The van der Waals surface area contributed by atoms with Gasteiger partial charge in [0.25, 0.3) is 0 Å². The molecule has 1 unspecified atom stereocenters. The fourth-order valence-corrected chi connectivity index (χ4v) is 3.15. The minimum absolute atomic E-state index is 0.114. The summed E-state index contributed by atoms with van der Waals surface area (Å²) in [5.41, 5.74) is 0. The number of esters is 1. The molecule has 7 nitrogen and oxygen atoms in total. The van der Waals surface area contributed by atoms with Crippen LogP contribution >= 0.6 is 0 Å². The lowest BCUT2D eigenvalue weighted by Crippen LogP contribution is -2.40. The van der Waals surface area contributed by atoms with Crippen LogP contribution in [0.3, 0.4) is 0 Å². The van der Waals surface area contributed by atoms with E-state index in [-0.39, 0.29) is 6.54 Å². The number of aliphatic carboxylic acids is 1. The van der Waals surface area contributed by atoms with Gasteiger partial charge in [0.2, 0.25) is 10.0 Å². The maximum Gasteiger partial charge on any atom is 0.318 e. The predicted octanol–water partition coefficient (Wildman–Crippen LogP) is -0.0781. The Bertz CT molecular complexity index is 391. The first-order chi connectivity index (χ1) is 8.24. The quantitative estimate of drug-likeness (QED) is 0.625. The van der Waals surface area contributed by atoms with Crippen LogP contribution < -0.4 is 0 Å². The number of nitrogens with zero attached hydrogens (tertiary/aromatic N) is 1. The maximum atomic E-state index is 11.9. The number of carbonyl (C=O) groups excluding carboxylic acids is 1. The zero-order valence-electron chi connectivity index (χ0n) is 10.7. The Morgan fingerprint density at radius 1 is 1.39 bits per heavy atom. The van der Waals surface area contributed by atoms with Gasteiger partial charge in [-0.15, -0.1) is 0 Å². The molecule has 0 aromatic rings. The molecule has 1 N–H and O–H groups in total. The minimum Gasteiger partial charge on any atom is -0.480 e. The number of carboxylic acids is 1. The van der Waals surface area contributed by atoms with Gasteiger partial charge in [0, 0.05) is 6.54 Å². The molecule has 0 heterocycles. The van der Waals surface area contributed by atoms with Crippen LogP contribution in [0.1, 0.15) is 20.3 Å². The third kappa shape index (κ3) is 5.46. The summed E-state index contributed by atoms with van der Waals surface area (Å²) in [4.78, 5) is 21.8. The number of hydrogen-bond acceptors (Lipinski definition) is 5. The third-order valence-electron chi connectivity index (χ3n) is 2.24. The van der Waals surface area contributed by atoms with E-state index in [1.54, 1.807) is 6.92 Å². The smallest absolute Gasteiger partial charge is 0.318 e. The molecule has 0 saturated heterocycles. The molecule has 0 fully saturated rings. The van der Waals surface area contributed by atoms with E-state index in [0.29, 0.717) is 6.42 Å². The molecule has 8 heteroatoms. The van der Waals surface area contributed by atoms with Gasteiger partial charge in [-0.2, -0.15) is 4.31 Å². The van der Waals surface area contributed by atoms with Crippen LogP contribution in [0.5, 0.6) is 0 Å². The second-order valence-corrected chi connectivity index (χ2v) is 5.94. The molecule has 0 aliphatic heterocycles. The van der Waals surface area contributed by atoms with Crippen LogP contribution in [-0.4, -0.2) is 55.7 Å². The van der Waals surface area contributed by atoms with Crippen LogP contribution in [-0.2, 0) is 24.3 Å². The Morgan fingerprint density at radius 2 is 1.94 bits per heavy atom. The summed E-state index contributed by atoms with van der Waals surface area (Å²) in [5.74, 6) is -3.14. The van der Waals surface area contributed by atoms with Gasteiger partial charge in [-0.1, -0.05) is 13.8 Å². The Balaban J connectivity index is 4.84. The Kier molecular flexibility index (Phi) is 6.85. The molecule has 0 saturated carbocycles. The number of hydrogen-bond donors (Lipinski definition) is 1. The second-order valence-electron chi connectivity index (χ2n) is 3.93. The lowest BCUT2D eigenvalue weighted by atomic mass is 10.2. The summed E-state index contributed by atoms with van der Waals surface area (Å²) in [5, 5.41) is 8.67. The second kappa shape index (κ2) is 7.32. The van der Waals surface area contributed by atoms with E-state index < -0.39 is 40.2 Å². The van der Waals surface area contributed by atoms with Crippen molar-refractivity contribution < 1.29 is 27.9 Å². The van der Waals surface area contributed by atoms with Crippen LogP contribution in [0.15, 0.2) is 0 Å². The van der Waals surface area contributed by atoms with Crippen LogP contribution in [0, 0.1) is 5.92 Å². The van der Waals surface area contributed by atoms with E-state index in [1.807, 2.05) is 0 Å². The molecular weight excluding hydrogens is 262 g/mol. The number of rotatable bonds is 8. The SMILES string of the molecule is CCCN(CC(=O)O)S(=O)(=O)CC(C)C(=O)OC. The van der Waals surface area contributed by atoms with Crippen LogP contribution in [0.4, 0.5) is 0 Å². The summed E-state index contributed by atoms with van der Waals surface area (Å²) >= 11 is 0. The van der Waals surface area contributed by atoms with E-state index in [2.05, 4.69) is 4.74 Å². The summed E-state index contributed by atoms with van der Waals surface area (Å²) in [6.45, 7) is 2.69. The van der Waals surface area contributed by atoms with Gasteiger partial charge < -0.3 is 9.84 Å². The predicted molar refractivity (Wildman–Crippen MR) is 64.5 cm³/mol. The van der Waals surface area contributed by atoms with Crippen molar-refractivity contribution in [2.75, 3.05) is 26.0 Å². The van der Waals surface area contributed by atoms with E-state index in [4.69, 9.17) is 5.11 Å². The van der Waals surface area contributed by atoms with E-state index in [9.17, 15) is 18.0 Å². The molecule has 18 heavy (non-hydrogen) atoms. The van der Waals surface area contributed by atoms with Gasteiger partial charge in [0.05, 0.1) is 18.8 Å². The molecule has 0 aromatic carbocycles. The molecule has 0 amide bonds. The summed E-state index contributed by atoms with van der Waals surface area (Å²) in [6, 6.07) is 0. The fourth-order valence-electron chi connectivity index (χ4n) is 1.41. The van der Waals surface area contributed by atoms with Crippen molar-refractivity contribution in [3.63, 3.8) is 0 Å². The average molecular weight is 281 g/mol. The Labute approximate surface area is 107 Å². The zero-order valence-corrected chi connectivity index (χ0v) is 11.6. The third-order valence-corrected chi connectivity index (χ3v) is 4.26. The highest BCUT2D eigenvalue weighted by atomic mass is 32.2. The van der Waals surface area contributed by atoms with Crippen molar-refractivity contribution in [2.45, 2.75) is 20.3 Å². The molecule has 0 radical (unpaired) electrons. The van der Waals surface area contributed by atoms with Crippen molar-refractivity contribution in [1.82, 2.24) is 4.31 Å². The van der Waals surface area contributed by atoms with Gasteiger partial charge in [-0.25, -0.2) is 8.42 Å². The van der Waals surface area contributed by atoms with Gasteiger partial charge in [0.1, 0.15) is 6.54 Å². The van der Waals surface area contributed by atoms with Crippen molar-refractivity contribution in [3.05, 3.63) is 0 Å². The maximum absolute atomic E-state index is 11.9. The van der Waals surface area contributed by atoms with E-state index in [1.165, 1.54) is 14.0 Å². The number of carbonyl (C=O) groups is 2. The molecule has 106 valence electrons. The molecule has 0 aliphatic rings. The van der Waals surface area contributed by atoms with Crippen LogP contribution in [0.25, 0.3) is 0 Å². The van der Waals surface area contributed by atoms with Crippen molar-refractivity contribution in [1.29, 1.82) is 0 Å². The molecular formula is C10H19NO6S. The molecule has 0 bridgehead atoms. The normalized spacial score (nSPS) is 13.3. The molecule has 0 aliphatic carbocycles. The highest BCUT2D eigenvalue weighted by molar-refractivity contribution is 7.89. The topological polar surface area (TPSA) is 101 Å². The van der Waals surface area contributed by atoms with Gasteiger partial charge in [0.15, 0.2) is 0 Å².